The summed E-state index contributed by atoms with van der Waals surface area (Å²) in [5.74, 6) is 1.12. The van der Waals surface area contributed by atoms with Crippen LogP contribution in [0.5, 0.6) is 0 Å². The zero-order valence-electron chi connectivity index (χ0n) is 24.1. The Hall–Kier alpha value is -2.56. The molecule has 1 aromatic carbocycles. The molecule has 0 bridgehead atoms. The number of sulfone groups is 1. The molecule has 1 amide bonds. The Kier molecular flexibility index (Phi) is 6.48. The van der Waals surface area contributed by atoms with Crippen LogP contribution >= 0.6 is 0 Å². The Morgan fingerprint density at radius 3 is 2.39 bits per heavy atom. The third-order valence-electron chi connectivity index (χ3n) is 10.7. The van der Waals surface area contributed by atoms with Crippen LogP contribution in [0, 0.1) is 5.41 Å². The summed E-state index contributed by atoms with van der Waals surface area (Å²) in [6, 6.07) is 7.38. The van der Waals surface area contributed by atoms with E-state index in [1.54, 1.807) is 30.5 Å². The predicted molar refractivity (Wildman–Crippen MR) is 157 cm³/mol. The summed E-state index contributed by atoms with van der Waals surface area (Å²) in [7, 11) is -3.38. The van der Waals surface area contributed by atoms with Gasteiger partial charge in [-0.3, -0.25) is 9.69 Å². The van der Waals surface area contributed by atoms with Crippen LogP contribution in [0.15, 0.2) is 35.4 Å². The Balaban J connectivity index is 1.04. The Morgan fingerprint density at radius 1 is 1.05 bits per heavy atom. The lowest BCUT2D eigenvalue weighted by atomic mass is 9.63. The van der Waals surface area contributed by atoms with Gasteiger partial charge >= 0.3 is 0 Å². The van der Waals surface area contributed by atoms with Crippen molar-refractivity contribution in [3.8, 4) is 0 Å². The van der Waals surface area contributed by atoms with Crippen molar-refractivity contribution < 1.29 is 18.3 Å². The molecule has 1 saturated heterocycles. The minimum Gasteiger partial charge on any atom is -0.393 e. The third-order valence-corrected chi connectivity index (χ3v) is 12.8. The van der Waals surface area contributed by atoms with E-state index in [-0.39, 0.29) is 22.6 Å². The first-order valence-electron chi connectivity index (χ1n) is 15.3. The van der Waals surface area contributed by atoms with Crippen molar-refractivity contribution in [2.45, 2.75) is 112 Å². The molecule has 2 aromatic rings. The normalized spacial score (nSPS) is 27.3. The van der Waals surface area contributed by atoms with Crippen LogP contribution in [-0.2, 0) is 20.0 Å². The van der Waals surface area contributed by atoms with Crippen LogP contribution in [-0.4, -0.2) is 70.8 Å². The van der Waals surface area contributed by atoms with Crippen LogP contribution in [0.4, 0.5) is 17.5 Å². The molecule has 9 nitrogen and oxygen atoms in total. The van der Waals surface area contributed by atoms with E-state index in [0.29, 0.717) is 34.8 Å². The zero-order valence-corrected chi connectivity index (χ0v) is 24.9. The van der Waals surface area contributed by atoms with Crippen LogP contribution in [0.2, 0.25) is 0 Å². The number of rotatable bonds is 6. The van der Waals surface area contributed by atoms with E-state index < -0.39 is 21.4 Å². The summed E-state index contributed by atoms with van der Waals surface area (Å²) in [4.78, 5) is 27.5. The standard InChI is InChI=1S/C31H41N5O4S/c1-20(2)35-14-12-30(13-15-35)17-25(18-30)41(39,40)24-8-6-21(7-9-24)33-29-32-19-26-27(34-29)36(28(38)31(26)10-11-31)22-4-3-5-23(37)16-22/h6-9,19-20,22-23,25,37H,3-5,10-18H2,1-2H3,(H,32,33,34)/t22?,23-/m1/s1. The van der Waals surface area contributed by atoms with E-state index in [0.717, 1.165) is 76.4 Å². The Bertz CT molecular complexity index is 1440. The molecule has 2 aliphatic heterocycles. The highest BCUT2D eigenvalue weighted by Crippen LogP contribution is 2.58. The molecule has 3 aliphatic carbocycles. The number of anilines is 3. The molecular formula is C31H41N5O4S. The molecule has 1 unspecified atom stereocenters. The summed E-state index contributed by atoms with van der Waals surface area (Å²) in [6.07, 6.45) is 9.81. The van der Waals surface area contributed by atoms with Crippen molar-refractivity contribution in [3.05, 3.63) is 36.0 Å². The minimum absolute atomic E-state index is 0.0504. The minimum atomic E-state index is -3.38. The molecule has 5 aliphatic rings. The van der Waals surface area contributed by atoms with E-state index in [1.807, 2.05) is 4.90 Å². The van der Waals surface area contributed by atoms with Gasteiger partial charge in [0, 0.05) is 29.5 Å². The van der Waals surface area contributed by atoms with Gasteiger partial charge in [-0.15, -0.1) is 0 Å². The first-order chi connectivity index (χ1) is 19.6. The molecule has 220 valence electrons. The van der Waals surface area contributed by atoms with E-state index in [4.69, 9.17) is 4.98 Å². The number of aliphatic hydroxyl groups is 1. The number of benzene rings is 1. The number of carbonyl (C=O) groups is 1. The Labute approximate surface area is 242 Å². The van der Waals surface area contributed by atoms with E-state index in [2.05, 4.69) is 29.0 Å². The Morgan fingerprint density at radius 2 is 1.76 bits per heavy atom. The number of aromatic nitrogens is 2. The van der Waals surface area contributed by atoms with Crippen molar-refractivity contribution >= 4 is 33.2 Å². The predicted octanol–water partition coefficient (Wildman–Crippen LogP) is 4.33. The van der Waals surface area contributed by atoms with Gasteiger partial charge in [-0.1, -0.05) is 0 Å². The fourth-order valence-corrected chi connectivity index (χ4v) is 9.86. The topological polar surface area (TPSA) is 116 Å². The van der Waals surface area contributed by atoms with Gasteiger partial charge in [0.2, 0.25) is 11.9 Å². The maximum atomic E-state index is 13.5. The first-order valence-corrected chi connectivity index (χ1v) is 16.9. The molecule has 2 atom stereocenters. The lowest BCUT2D eigenvalue weighted by molar-refractivity contribution is -0.121. The smallest absolute Gasteiger partial charge is 0.239 e. The number of likely N-dealkylation sites (tertiary alicyclic amines) is 1. The molecule has 3 heterocycles. The van der Waals surface area contributed by atoms with Gasteiger partial charge in [0.25, 0.3) is 0 Å². The van der Waals surface area contributed by atoms with Crippen LogP contribution in [0.1, 0.15) is 83.6 Å². The number of fused-ring (bicyclic) bond motifs is 2. The maximum Gasteiger partial charge on any atom is 0.239 e. The molecule has 7 rings (SSSR count). The lowest BCUT2D eigenvalue weighted by Crippen LogP contribution is -2.52. The van der Waals surface area contributed by atoms with Crippen molar-refractivity contribution in [2.75, 3.05) is 23.3 Å². The van der Waals surface area contributed by atoms with Gasteiger partial charge in [0.15, 0.2) is 9.84 Å². The van der Waals surface area contributed by atoms with Crippen molar-refractivity contribution in [3.63, 3.8) is 0 Å². The summed E-state index contributed by atoms with van der Waals surface area (Å²) in [6.45, 7) is 6.57. The van der Waals surface area contributed by atoms with Gasteiger partial charge in [0.05, 0.1) is 21.7 Å². The lowest BCUT2D eigenvalue weighted by Gasteiger charge is -2.52. The monoisotopic (exact) mass is 579 g/mol. The van der Waals surface area contributed by atoms with Gasteiger partial charge in [-0.2, -0.15) is 4.98 Å². The summed E-state index contributed by atoms with van der Waals surface area (Å²) >= 11 is 0. The highest BCUT2D eigenvalue weighted by atomic mass is 32.2. The van der Waals surface area contributed by atoms with Crippen molar-refractivity contribution in [2.24, 2.45) is 5.41 Å². The number of aliphatic hydroxyl groups excluding tert-OH is 1. The summed E-state index contributed by atoms with van der Waals surface area (Å²) < 4.78 is 26.8. The van der Waals surface area contributed by atoms with Crippen molar-refractivity contribution in [1.82, 2.24) is 14.9 Å². The fraction of sp³-hybridized carbons (Fsp3) is 0.645. The molecule has 2 spiro atoms. The van der Waals surface area contributed by atoms with Gasteiger partial charge in [-0.05, 0) is 121 Å². The van der Waals surface area contributed by atoms with Gasteiger partial charge < -0.3 is 15.3 Å². The fourth-order valence-electron chi connectivity index (χ4n) is 7.81. The van der Waals surface area contributed by atoms with Gasteiger partial charge in [0.1, 0.15) is 5.82 Å². The molecule has 3 saturated carbocycles. The van der Waals surface area contributed by atoms with Crippen molar-refractivity contribution in [1.29, 1.82) is 0 Å². The highest BCUT2D eigenvalue weighted by molar-refractivity contribution is 7.92. The second-order valence-corrected chi connectivity index (χ2v) is 15.7. The molecule has 41 heavy (non-hydrogen) atoms. The summed E-state index contributed by atoms with van der Waals surface area (Å²) in [5, 5.41) is 13.2. The number of amides is 1. The second kappa shape index (κ2) is 9.74. The van der Waals surface area contributed by atoms with Crippen LogP contribution in [0.25, 0.3) is 0 Å². The number of nitrogens with one attached hydrogen (secondary N) is 1. The second-order valence-electron chi connectivity index (χ2n) is 13.5. The largest absolute Gasteiger partial charge is 0.393 e. The average molecular weight is 580 g/mol. The molecule has 10 heteroatoms. The molecule has 0 radical (unpaired) electrons. The van der Waals surface area contributed by atoms with Crippen LogP contribution < -0.4 is 10.2 Å². The molecule has 2 N–H and O–H groups in total. The maximum absolute atomic E-state index is 13.5. The molecule has 4 fully saturated rings. The quantitative estimate of drug-likeness (QED) is 0.520. The molecular weight excluding hydrogens is 538 g/mol. The first kappa shape index (κ1) is 27.3. The number of carbonyl (C=O) groups excluding carboxylic acids is 1. The molecule has 1 aromatic heterocycles. The highest BCUT2D eigenvalue weighted by Gasteiger charge is 2.61. The van der Waals surface area contributed by atoms with E-state index in [9.17, 15) is 18.3 Å². The number of hydrogen-bond donors (Lipinski definition) is 2. The summed E-state index contributed by atoms with van der Waals surface area (Å²) in [5.41, 5.74) is 1.29. The van der Waals surface area contributed by atoms with Gasteiger partial charge in [-0.25, -0.2) is 13.4 Å². The SMILES string of the molecule is CC(C)N1CCC2(CC1)CC(S(=O)(=O)c1ccc(Nc3ncc4c(n3)N(C3CCC[C@@H](O)C3)C(=O)C43CC3)cc1)C2. The third kappa shape index (κ3) is 4.57. The zero-order chi connectivity index (χ0) is 28.6. The number of nitrogens with zero attached hydrogens (tertiary/aromatic N) is 4. The van der Waals surface area contributed by atoms with Crippen LogP contribution in [0.3, 0.4) is 0 Å². The number of hydrogen-bond acceptors (Lipinski definition) is 8. The van der Waals surface area contributed by atoms with E-state index in [1.165, 1.54) is 0 Å². The van der Waals surface area contributed by atoms with E-state index >= 15 is 0 Å². The average Bonchev–Trinajstić information content (AvgIpc) is 3.70. The number of piperidine rings is 1.